The van der Waals surface area contributed by atoms with E-state index in [-0.39, 0.29) is 23.8 Å². The Balaban J connectivity index is 1.89. The van der Waals surface area contributed by atoms with Gasteiger partial charge in [-0.3, -0.25) is 9.10 Å². The zero-order valence-electron chi connectivity index (χ0n) is 17.9. The molecule has 3 rings (SSSR count). The smallest absolute Gasteiger partial charge is 0.264 e. The lowest BCUT2D eigenvalue weighted by molar-refractivity contribution is -0.131. The molecule has 0 spiro atoms. The second kappa shape index (κ2) is 9.51. The largest absolute Gasteiger partial charge is 0.497 e. The van der Waals surface area contributed by atoms with Crippen LogP contribution >= 0.6 is 0 Å². The van der Waals surface area contributed by atoms with E-state index in [0.717, 1.165) is 43.5 Å². The molecule has 2 aromatic carbocycles. The van der Waals surface area contributed by atoms with Gasteiger partial charge in [0, 0.05) is 26.1 Å². The molecule has 1 saturated heterocycles. The maximum absolute atomic E-state index is 13.5. The van der Waals surface area contributed by atoms with Gasteiger partial charge < -0.3 is 9.64 Å². The van der Waals surface area contributed by atoms with E-state index < -0.39 is 10.0 Å². The van der Waals surface area contributed by atoms with Crippen molar-refractivity contribution in [2.24, 2.45) is 0 Å². The monoisotopic (exact) mass is 430 g/mol. The molecular weight excluding hydrogens is 400 g/mol. The lowest BCUT2D eigenvalue weighted by atomic mass is 10.1. The molecular formula is C23H30N2O4S. The summed E-state index contributed by atoms with van der Waals surface area (Å²) in [6, 6.07) is 12.0. The maximum Gasteiger partial charge on any atom is 0.264 e. The number of rotatable bonds is 7. The first-order chi connectivity index (χ1) is 14.3. The van der Waals surface area contributed by atoms with Crippen LogP contribution in [-0.2, 0) is 14.8 Å². The van der Waals surface area contributed by atoms with Crippen LogP contribution in [0.2, 0.25) is 0 Å². The fourth-order valence-electron chi connectivity index (χ4n) is 3.64. The molecule has 7 heteroatoms. The minimum Gasteiger partial charge on any atom is -0.497 e. The molecule has 6 nitrogen and oxygen atoms in total. The van der Waals surface area contributed by atoms with Gasteiger partial charge in [-0.2, -0.15) is 0 Å². The first-order valence-corrected chi connectivity index (χ1v) is 11.8. The molecule has 0 saturated carbocycles. The molecule has 0 aliphatic carbocycles. The van der Waals surface area contributed by atoms with Gasteiger partial charge in [0.15, 0.2) is 0 Å². The maximum atomic E-state index is 13.5. The Kier molecular flexibility index (Phi) is 7.02. The van der Waals surface area contributed by atoms with E-state index in [1.165, 1.54) is 4.31 Å². The standard InChI is InChI=1S/C23H30N2O4S/c1-18-7-12-22(17-19(18)2)30(27,28)25(20-8-10-21(29-3)11-9-20)16-13-23(26)24-14-5-4-6-15-24/h7-12,17H,4-6,13-16H2,1-3H3. The number of benzene rings is 2. The summed E-state index contributed by atoms with van der Waals surface area (Å²) in [4.78, 5) is 14.8. The molecule has 1 aliphatic heterocycles. The lowest BCUT2D eigenvalue weighted by Crippen LogP contribution is -2.39. The van der Waals surface area contributed by atoms with Crippen molar-refractivity contribution in [1.29, 1.82) is 0 Å². The summed E-state index contributed by atoms with van der Waals surface area (Å²) < 4.78 is 33.5. The highest BCUT2D eigenvalue weighted by molar-refractivity contribution is 7.92. The summed E-state index contributed by atoms with van der Waals surface area (Å²) in [5.74, 6) is 0.648. The number of aryl methyl sites for hydroxylation is 2. The second-order valence-electron chi connectivity index (χ2n) is 7.71. The predicted octanol–water partition coefficient (Wildman–Crippen LogP) is 3.91. The predicted molar refractivity (Wildman–Crippen MR) is 118 cm³/mol. The first-order valence-electron chi connectivity index (χ1n) is 10.3. The van der Waals surface area contributed by atoms with E-state index in [4.69, 9.17) is 4.74 Å². The highest BCUT2D eigenvalue weighted by atomic mass is 32.2. The third kappa shape index (κ3) is 4.95. The van der Waals surface area contributed by atoms with Crippen LogP contribution in [0.5, 0.6) is 5.75 Å². The van der Waals surface area contributed by atoms with Crippen molar-refractivity contribution in [2.75, 3.05) is 31.0 Å². The van der Waals surface area contributed by atoms with Crippen LogP contribution in [0, 0.1) is 13.8 Å². The van der Waals surface area contributed by atoms with E-state index in [2.05, 4.69) is 0 Å². The molecule has 1 amide bonds. The number of methoxy groups -OCH3 is 1. The molecule has 30 heavy (non-hydrogen) atoms. The van der Waals surface area contributed by atoms with Crippen molar-refractivity contribution in [3.63, 3.8) is 0 Å². The van der Waals surface area contributed by atoms with Crippen molar-refractivity contribution in [2.45, 2.75) is 44.4 Å². The number of carbonyl (C=O) groups is 1. The van der Waals surface area contributed by atoms with Crippen LogP contribution in [-0.4, -0.2) is 46.0 Å². The minimum atomic E-state index is -3.82. The molecule has 2 aromatic rings. The fraction of sp³-hybridized carbons (Fsp3) is 0.435. The minimum absolute atomic E-state index is 0.00324. The fourth-order valence-corrected chi connectivity index (χ4v) is 5.19. The Morgan fingerprint density at radius 3 is 2.27 bits per heavy atom. The van der Waals surface area contributed by atoms with Crippen molar-refractivity contribution in [3.05, 3.63) is 53.6 Å². The summed E-state index contributed by atoms with van der Waals surface area (Å²) in [5.41, 5.74) is 2.46. The quantitative estimate of drug-likeness (QED) is 0.668. The number of ether oxygens (including phenoxy) is 1. The highest BCUT2D eigenvalue weighted by Crippen LogP contribution is 2.27. The van der Waals surface area contributed by atoms with Gasteiger partial charge in [0.25, 0.3) is 10.0 Å². The van der Waals surface area contributed by atoms with Gasteiger partial charge in [0.2, 0.25) is 5.91 Å². The third-order valence-corrected chi connectivity index (χ3v) is 7.49. The van der Waals surface area contributed by atoms with Crippen LogP contribution in [0.25, 0.3) is 0 Å². The molecule has 162 valence electrons. The number of nitrogens with zero attached hydrogens (tertiary/aromatic N) is 2. The average Bonchev–Trinajstić information content (AvgIpc) is 2.76. The van der Waals surface area contributed by atoms with E-state index in [1.54, 1.807) is 43.5 Å². The summed E-state index contributed by atoms with van der Waals surface area (Å²) in [6.07, 6.45) is 3.31. The van der Waals surface area contributed by atoms with Crippen LogP contribution < -0.4 is 9.04 Å². The molecule has 0 unspecified atom stereocenters. The van der Waals surface area contributed by atoms with Gasteiger partial charge >= 0.3 is 0 Å². The molecule has 0 aromatic heterocycles. The van der Waals surface area contributed by atoms with E-state index in [1.807, 2.05) is 24.8 Å². The zero-order valence-corrected chi connectivity index (χ0v) is 18.7. The van der Waals surface area contributed by atoms with Gasteiger partial charge in [-0.15, -0.1) is 0 Å². The molecule has 0 N–H and O–H groups in total. The Hall–Kier alpha value is -2.54. The van der Waals surface area contributed by atoms with Crippen molar-refractivity contribution in [3.8, 4) is 5.75 Å². The summed E-state index contributed by atoms with van der Waals surface area (Å²) in [5, 5.41) is 0. The summed E-state index contributed by atoms with van der Waals surface area (Å²) >= 11 is 0. The topological polar surface area (TPSA) is 66.9 Å². The Bertz CT molecular complexity index is 981. The highest BCUT2D eigenvalue weighted by Gasteiger charge is 2.27. The van der Waals surface area contributed by atoms with Crippen LogP contribution in [0.3, 0.4) is 0 Å². The molecule has 0 radical (unpaired) electrons. The summed E-state index contributed by atoms with van der Waals surface area (Å²) in [6.45, 7) is 5.45. The van der Waals surface area contributed by atoms with Crippen molar-refractivity contribution >= 4 is 21.6 Å². The number of anilines is 1. The number of likely N-dealkylation sites (tertiary alicyclic amines) is 1. The van der Waals surface area contributed by atoms with E-state index >= 15 is 0 Å². The van der Waals surface area contributed by atoms with Gasteiger partial charge in [-0.1, -0.05) is 6.07 Å². The van der Waals surface area contributed by atoms with E-state index in [0.29, 0.717) is 11.4 Å². The van der Waals surface area contributed by atoms with Crippen LogP contribution in [0.15, 0.2) is 47.4 Å². The first kappa shape index (κ1) is 22.2. The molecule has 1 aliphatic rings. The number of sulfonamides is 1. The number of hydrogen-bond acceptors (Lipinski definition) is 4. The normalized spacial score (nSPS) is 14.4. The number of piperidine rings is 1. The Morgan fingerprint density at radius 1 is 1.00 bits per heavy atom. The van der Waals surface area contributed by atoms with Gasteiger partial charge in [-0.25, -0.2) is 8.42 Å². The SMILES string of the molecule is COc1ccc(N(CCC(=O)N2CCCCC2)S(=O)(=O)c2ccc(C)c(C)c2)cc1. The van der Waals surface area contributed by atoms with Crippen LogP contribution in [0.1, 0.15) is 36.8 Å². The number of amides is 1. The molecule has 0 bridgehead atoms. The third-order valence-electron chi connectivity index (χ3n) is 5.66. The molecule has 1 heterocycles. The summed E-state index contributed by atoms with van der Waals surface area (Å²) in [7, 11) is -2.25. The van der Waals surface area contributed by atoms with Crippen molar-refractivity contribution in [1.82, 2.24) is 4.90 Å². The Morgan fingerprint density at radius 2 is 1.67 bits per heavy atom. The van der Waals surface area contributed by atoms with Crippen LogP contribution in [0.4, 0.5) is 5.69 Å². The number of carbonyl (C=O) groups excluding carboxylic acids is 1. The van der Waals surface area contributed by atoms with E-state index in [9.17, 15) is 13.2 Å². The zero-order chi connectivity index (χ0) is 21.7. The van der Waals surface area contributed by atoms with Gasteiger partial charge in [-0.05, 0) is 80.6 Å². The second-order valence-corrected chi connectivity index (χ2v) is 9.58. The Labute approximate surface area is 179 Å². The lowest BCUT2D eigenvalue weighted by Gasteiger charge is -2.29. The van der Waals surface area contributed by atoms with Gasteiger partial charge in [0.1, 0.15) is 5.75 Å². The molecule has 0 atom stereocenters. The molecule has 1 fully saturated rings. The average molecular weight is 431 g/mol. The van der Waals surface area contributed by atoms with Crippen molar-refractivity contribution < 1.29 is 17.9 Å². The number of hydrogen-bond donors (Lipinski definition) is 0. The van der Waals surface area contributed by atoms with Gasteiger partial charge in [0.05, 0.1) is 17.7 Å².